The van der Waals surface area contributed by atoms with Gasteiger partial charge in [0.2, 0.25) is 0 Å². The summed E-state index contributed by atoms with van der Waals surface area (Å²) in [4.78, 5) is 0. The Morgan fingerprint density at radius 3 is 2.53 bits per heavy atom. The average molecular weight is 203 g/mol. The quantitative estimate of drug-likeness (QED) is 0.649. The van der Waals surface area contributed by atoms with Crippen molar-refractivity contribution in [3.8, 4) is 6.07 Å². The van der Waals surface area contributed by atoms with E-state index in [9.17, 15) is 5.26 Å². The predicted molar refractivity (Wildman–Crippen MR) is 58.6 cm³/mol. The van der Waals surface area contributed by atoms with Gasteiger partial charge in [-0.2, -0.15) is 10.4 Å². The Morgan fingerprint density at radius 2 is 1.93 bits per heavy atom. The highest BCUT2D eigenvalue weighted by atomic mass is 15.3. The van der Waals surface area contributed by atoms with Crippen molar-refractivity contribution in [2.75, 3.05) is 0 Å². The summed E-state index contributed by atoms with van der Waals surface area (Å²) in [7, 11) is 0. The van der Waals surface area contributed by atoms with Crippen molar-refractivity contribution < 1.29 is 0 Å². The molecule has 3 nitrogen and oxygen atoms in total. The van der Waals surface area contributed by atoms with Crippen LogP contribution in [-0.2, 0) is 18.4 Å². The molecular weight excluding hydrogens is 186 g/mol. The third-order valence-corrected chi connectivity index (χ3v) is 2.90. The Morgan fingerprint density at radius 1 is 1.27 bits per heavy atom. The van der Waals surface area contributed by atoms with Crippen molar-refractivity contribution in [3.05, 3.63) is 17.0 Å². The predicted octanol–water partition coefficient (Wildman–Crippen LogP) is 2.39. The van der Waals surface area contributed by atoms with Gasteiger partial charge in [-0.05, 0) is 46.5 Å². The van der Waals surface area contributed by atoms with Crippen molar-refractivity contribution in [3.63, 3.8) is 0 Å². The zero-order valence-corrected chi connectivity index (χ0v) is 9.67. The summed E-state index contributed by atoms with van der Waals surface area (Å²) in [6.07, 6.45) is 4.46. The molecule has 0 fully saturated rings. The van der Waals surface area contributed by atoms with E-state index in [1.54, 1.807) is 0 Å². The van der Waals surface area contributed by atoms with Crippen LogP contribution in [0.4, 0.5) is 0 Å². The lowest BCUT2D eigenvalue weighted by Gasteiger charge is -2.20. The van der Waals surface area contributed by atoms with Crippen LogP contribution in [0, 0.1) is 11.3 Å². The second-order valence-electron chi connectivity index (χ2n) is 5.18. The van der Waals surface area contributed by atoms with E-state index in [0.717, 1.165) is 24.2 Å². The first-order valence-corrected chi connectivity index (χ1v) is 5.55. The molecule has 1 aliphatic rings. The summed E-state index contributed by atoms with van der Waals surface area (Å²) in [6, 6.07) is 2.31. The summed E-state index contributed by atoms with van der Waals surface area (Å²) >= 11 is 0. The minimum absolute atomic E-state index is 0.0948. The largest absolute Gasteiger partial charge is 0.249 e. The highest BCUT2D eigenvalue weighted by Crippen LogP contribution is 2.27. The molecule has 0 saturated heterocycles. The van der Waals surface area contributed by atoms with E-state index in [4.69, 9.17) is 0 Å². The molecule has 0 radical (unpaired) electrons. The van der Waals surface area contributed by atoms with Crippen LogP contribution in [0.15, 0.2) is 0 Å². The zero-order valence-electron chi connectivity index (χ0n) is 9.67. The van der Waals surface area contributed by atoms with E-state index in [1.807, 2.05) is 4.68 Å². The normalized spacial score (nSPS) is 15.9. The molecule has 1 heterocycles. The van der Waals surface area contributed by atoms with Gasteiger partial charge in [-0.1, -0.05) is 0 Å². The summed E-state index contributed by atoms with van der Waals surface area (Å²) in [5.74, 6) is 0. The van der Waals surface area contributed by atoms with Crippen LogP contribution >= 0.6 is 0 Å². The van der Waals surface area contributed by atoms with Crippen LogP contribution in [0.3, 0.4) is 0 Å². The van der Waals surface area contributed by atoms with E-state index in [-0.39, 0.29) is 5.54 Å². The van der Waals surface area contributed by atoms with Crippen molar-refractivity contribution in [1.29, 1.82) is 5.26 Å². The number of nitrogens with zero attached hydrogens (tertiary/aromatic N) is 3. The van der Waals surface area contributed by atoms with Crippen LogP contribution in [0.2, 0.25) is 0 Å². The Labute approximate surface area is 90.7 Å². The topological polar surface area (TPSA) is 41.6 Å². The molecule has 1 aliphatic carbocycles. The molecule has 1 aromatic heterocycles. The SMILES string of the molecule is CC(C)(C)n1nc2c(c1C#N)CCCC2. The first kappa shape index (κ1) is 10.2. The molecule has 0 saturated carbocycles. The fourth-order valence-corrected chi connectivity index (χ4v) is 2.15. The molecule has 15 heavy (non-hydrogen) atoms. The van der Waals surface area contributed by atoms with Crippen molar-refractivity contribution in [1.82, 2.24) is 9.78 Å². The molecule has 0 aliphatic heterocycles. The molecule has 0 amide bonds. The molecule has 0 aromatic carbocycles. The molecule has 2 rings (SSSR count). The lowest BCUT2D eigenvalue weighted by molar-refractivity contribution is 0.350. The first-order valence-electron chi connectivity index (χ1n) is 5.55. The molecule has 3 heteroatoms. The van der Waals surface area contributed by atoms with Gasteiger partial charge >= 0.3 is 0 Å². The Kier molecular flexibility index (Phi) is 2.30. The van der Waals surface area contributed by atoms with Crippen molar-refractivity contribution in [2.45, 2.75) is 52.0 Å². The standard InChI is InChI=1S/C12H17N3/c1-12(2,3)15-11(8-13)9-6-4-5-7-10(9)14-15/h4-7H2,1-3H3. The van der Waals surface area contributed by atoms with Crippen LogP contribution in [-0.4, -0.2) is 9.78 Å². The second kappa shape index (κ2) is 3.37. The van der Waals surface area contributed by atoms with E-state index in [0.29, 0.717) is 0 Å². The van der Waals surface area contributed by atoms with Crippen molar-refractivity contribution in [2.24, 2.45) is 0 Å². The van der Waals surface area contributed by atoms with E-state index >= 15 is 0 Å². The van der Waals surface area contributed by atoms with Crippen LogP contribution < -0.4 is 0 Å². The number of aromatic nitrogens is 2. The third-order valence-electron chi connectivity index (χ3n) is 2.90. The molecular formula is C12H17N3. The monoisotopic (exact) mass is 203 g/mol. The van der Waals surface area contributed by atoms with Crippen LogP contribution in [0.1, 0.15) is 50.6 Å². The number of rotatable bonds is 0. The highest BCUT2D eigenvalue weighted by molar-refractivity contribution is 5.37. The minimum Gasteiger partial charge on any atom is -0.249 e. The first-order chi connectivity index (χ1) is 7.04. The molecule has 80 valence electrons. The summed E-state index contributed by atoms with van der Waals surface area (Å²) < 4.78 is 1.89. The number of aryl methyl sites for hydroxylation is 1. The van der Waals surface area contributed by atoms with Gasteiger partial charge in [0.15, 0.2) is 0 Å². The molecule has 0 spiro atoms. The number of hydrogen-bond donors (Lipinski definition) is 0. The molecule has 0 N–H and O–H groups in total. The molecule has 0 unspecified atom stereocenters. The third kappa shape index (κ3) is 1.65. The molecule has 0 atom stereocenters. The van der Waals surface area contributed by atoms with E-state index in [1.165, 1.54) is 18.4 Å². The Bertz CT molecular complexity index is 415. The maximum Gasteiger partial charge on any atom is 0.142 e. The zero-order chi connectivity index (χ0) is 11.1. The van der Waals surface area contributed by atoms with Gasteiger partial charge in [0.05, 0.1) is 11.2 Å². The summed E-state index contributed by atoms with van der Waals surface area (Å²) in [5.41, 5.74) is 3.02. The number of fused-ring (bicyclic) bond motifs is 1. The van der Waals surface area contributed by atoms with Gasteiger partial charge in [0.25, 0.3) is 0 Å². The van der Waals surface area contributed by atoms with E-state index in [2.05, 4.69) is 31.9 Å². The average Bonchev–Trinajstić information content (AvgIpc) is 2.55. The fraction of sp³-hybridized carbons (Fsp3) is 0.667. The van der Waals surface area contributed by atoms with Gasteiger partial charge in [0.1, 0.15) is 11.8 Å². The van der Waals surface area contributed by atoms with Crippen LogP contribution in [0.5, 0.6) is 0 Å². The summed E-state index contributed by atoms with van der Waals surface area (Å²) in [6.45, 7) is 6.27. The van der Waals surface area contributed by atoms with Gasteiger partial charge in [0, 0.05) is 5.56 Å². The van der Waals surface area contributed by atoms with Crippen LogP contribution in [0.25, 0.3) is 0 Å². The Balaban J connectivity index is 2.58. The Hall–Kier alpha value is -1.30. The maximum atomic E-state index is 9.22. The summed E-state index contributed by atoms with van der Waals surface area (Å²) in [5, 5.41) is 13.8. The van der Waals surface area contributed by atoms with Gasteiger partial charge in [-0.3, -0.25) is 0 Å². The van der Waals surface area contributed by atoms with E-state index < -0.39 is 0 Å². The minimum atomic E-state index is -0.0948. The molecule has 0 bridgehead atoms. The van der Waals surface area contributed by atoms with Gasteiger partial charge in [-0.25, -0.2) is 4.68 Å². The fourth-order valence-electron chi connectivity index (χ4n) is 2.15. The van der Waals surface area contributed by atoms with Gasteiger partial charge < -0.3 is 0 Å². The number of hydrogen-bond acceptors (Lipinski definition) is 2. The highest BCUT2D eigenvalue weighted by Gasteiger charge is 2.25. The lowest BCUT2D eigenvalue weighted by Crippen LogP contribution is -2.24. The van der Waals surface area contributed by atoms with Gasteiger partial charge in [-0.15, -0.1) is 0 Å². The smallest absolute Gasteiger partial charge is 0.142 e. The second-order valence-corrected chi connectivity index (χ2v) is 5.18. The van der Waals surface area contributed by atoms with Crippen molar-refractivity contribution >= 4 is 0 Å². The molecule has 1 aromatic rings. The maximum absolute atomic E-state index is 9.22. The number of nitriles is 1. The lowest BCUT2D eigenvalue weighted by atomic mass is 9.96.